The summed E-state index contributed by atoms with van der Waals surface area (Å²) in [4.78, 5) is 40.8. The number of piperidine rings is 2. The van der Waals surface area contributed by atoms with Crippen molar-refractivity contribution in [1.29, 1.82) is 0 Å². The van der Waals surface area contributed by atoms with E-state index in [0.717, 1.165) is 50.7 Å². The monoisotopic (exact) mass is 405 g/mol. The van der Waals surface area contributed by atoms with Crippen LogP contribution in [0.25, 0.3) is 0 Å². The summed E-state index contributed by atoms with van der Waals surface area (Å²) in [5.41, 5.74) is 0.0262. The van der Waals surface area contributed by atoms with Crippen LogP contribution in [0.5, 0.6) is 0 Å². The van der Waals surface area contributed by atoms with Crippen LogP contribution < -0.4 is 21.1 Å². The lowest BCUT2D eigenvalue weighted by molar-refractivity contribution is -0.148. The number of rotatable bonds is 8. The zero-order chi connectivity index (χ0) is 21.0. The molecular formula is C22H35N3O4. The van der Waals surface area contributed by atoms with Crippen molar-refractivity contribution in [2.45, 2.75) is 46.5 Å². The van der Waals surface area contributed by atoms with E-state index in [2.05, 4.69) is 24.1 Å². The Kier molecular flexibility index (Phi) is 7.33. The molecule has 0 spiro atoms. The number of nitrogens with one attached hydrogen (secondary N) is 1. The lowest BCUT2D eigenvalue weighted by atomic mass is 9.92. The van der Waals surface area contributed by atoms with Crippen molar-refractivity contribution in [2.75, 3.05) is 56.1 Å². The summed E-state index contributed by atoms with van der Waals surface area (Å²) in [6, 6.07) is 0. The fourth-order valence-corrected chi connectivity index (χ4v) is 4.97. The molecule has 0 saturated carbocycles. The van der Waals surface area contributed by atoms with E-state index in [1.165, 1.54) is 6.42 Å². The van der Waals surface area contributed by atoms with E-state index in [1.54, 1.807) is 6.92 Å². The molecule has 0 bridgehead atoms. The van der Waals surface area contributed by atoms with Gasteiger partial charge in [-0.25, -0.2) is 0 Å². The molecule has 7 nitrogen and oxygen atoms in total. The van der Waals surface area contributed by atoms with Gasteiger partial charge in [-0.05, 0) is 51.0 Å². The van der Waals surface area contributed by atoms with Gasteiger partial charge in [-0.3, -0.25) is 14.4 Å². The fraction of sp³-hybridized carbons (Fsp3) is 0.773. The predicted octanol–water partition coefficient (Wildman–Crippen LogP) is 1.84. The Balaban J connectivity index is 1.53. The van der Waals surface area contributed by atoms with Gasteiger partial charge in [0.1, 0.15) is 11.4 Å². The summed E-state index contributed by atoms with van der Waals surface area (Å²) in [6.07, 6.45) is 3.81. The number of esters is 1. The standard InChI is InChI=1S/C22H35N3O4/c1-4-29-22(28)17-7-5-10-25(14-17)19-18(20(26)21(19)27)23-8-6-9-24-12-15(2)11-16(3)13-24/h15-17,23H,4-14H2,1-3H3/t15-,16+,17-/m1/s1. The van der Waals surface area contributed by atoms with E-state index in [-0.39, 0.29) is 11.9 Å². The molecule has 2 aliphatic heterocycles. The number of anilines is 2. The van der Waals surface area contributed by atoms with Crippen molar-refractivity contribution in [3.63, 3.8) is 0 Å². The van der Waals surface area contributed by atoms with Gasteiger partial charge in [0, 0.05) is 32.7 Å². The van der Waals surface area contributed by atoms with Crippen LogP contribution in [0.2, 0.25) is 0 Å². The van der Waals surface area contributed by atoms with Gasteiger partial charge in [-0.1, -0.05) is 13.8 Å². The number of likely N-dealkylation sites (tertiary alicyclic amines) is 1. The molecule has 2 fully saturated rings. The Labute approximate surface area is 173 Å². The lowest BCUT2D eigenvalue weighted by Gasteiger charge is -2.35. The van der Waals surface area contributed by atoms with E-state index >= 15 is 0 Å². The van der Waals surface area contributed by atoms with Crippen LogP contribution in [0.3, 0.4) is 0 Å². The van der Waals surface area contributed by atoms with Crippen LogP contribution in [0, 0.1) is 17.8 Å². The van der Waals surface area contributed by atoms with Crippen LogP contribution >= 0.6 is 0 Å². The molecule has 7 heteroatoms. The predicted molar refractivity (Wildman–Crippen MR) is 115 cm³/mol. The fourth-order valence-electron chi connectivity index (χ4n) is 4.97. The summed E-state index contributed by atoms with van der Waals surface area (Å²) in [6.45, 7) is 11.8. The molecule has 1 aromatic carbocycles. The minimum absolute atomic E-state index is 0.213. The van der Waals surface area contributed by atoms with Gasteiger partial charge in [-0.2, -0.15) is 0 Å². The second kappa shape index (κ2) is 9.74. The molecule has 0 aliphatic carbocycles. The molecule has 2 saturated heterocycles. The second-order valence-electron chi connectivity index (χ2n) is 8.91. The van der Waals surface area contributed by atoms with Crippen LogP contribution in [-0.4, -0.2) is 56.7 Å². The Morgan fingerprint density at radius 1 is 1.14 bits per heavy atom. The molecule has 0 amide bonds. The van der Waals surface area contributed by atoms with E-state index in [1.807, 2.05) is 4.90 Å². The van der Waals surface area contributed by atoms with Gasteiger partial charge < -0.3 is 19.9 Å². The highest BCUT2D eigenvalue weighted by molar-refractivity contribution is 5.78. The quantitative estimate of drug-likeness (QED) is 0.402. The van der Waals surface area contributed by atoms with Crippen LogP contribution in [0.4, 0.5) is 11.4 Å². The van der Waals surface area contributed by atoms with Gasteiger partial charge in [0.05, 0.1) is 12.5 Å². The van der Waals surface area contributed by atoms with Crippen molar-refractivity contribution in [3.8, 4) is 0 Å². The third-order valence-electron chi connectivity index (χ3n) is 6.14. The van der Waals surface area contributed by atoms with Crippen molar-refractivity contribution in [1.82, 2.24) is 4.90 Å². The normalized spacial score (nSPS) is 25.9. The molecule has 0 radical (unpaired) electrons. The number of ether oxygens (including phenoxy) is 1. The highest BCUT2D eigenvalue weighted by atomic mass is 16.5. The van der Waals surface area contributed by atoms with Gasteiger partial charge >= 0.3 is 5.97 Å². The summed E-state index contributed by atoms with van der Waals surface area (Å²) < 4.78 is 5.13. The highest BCUT2D eigenvalue weighted by Gasteiger charge is 2.32. The topological polar surface area (TPSA) is 79.0 Å². The van der Waals surface area contributed by atoms with E-state index in [0.29, 0.717) is 37.6 Å². The number of hydrogen-bond donors (Lipinski definition) is 1. The first-order valence-electron chi connectivity index (χ1n) is 11.1. The second-order valence-corrected chi connectivity index (χ2v) is 8.91. The molecule has 2 aliphatic rings. The van der Waals surface area contributed by atoms with Crippen LogP contribution in [0.1, 0.15) is 46.5 Å². The molecule has 1 aromatic rings. The Bertz CT molecular complexity index is 761. The molecule has 3 atom stereocenters. The van der Waals surface area contributed by atoms with Crippen molar-refractivity contribution >= 4 is 17.3 Å². The number of carbonyl (C=O) groups excluding carboxylic acids is 1. The first-order chi connectivity index (χ1) is 13.9. The number of hydrogen-bond acceptors (Lipinski definition) is 7. The minimum Gasteiger partial charge on any atom is -0.466 e. The van der Waals surface area contributed by atoms with Gasteiger partial charge in [-0.15, -0.1) is 0 Å². The van der Waals surface area contributed by atoms with Crippen molar-refractivity contribution in [3.05, 3.63) is 20.4 Å². The zero-order valence-corrected chi connectivity index (χ0v) is 18.0. The van der Waals surface area contributed by atoms with Crippen LogP contribution in [-0.2, 0) is 9.53 Å². The Hall–Kier alpha value is -1.89. The Morgan fingerprint density at radius 3 is 2.55 bits per heavy atom. The van der Waals surface area contributed by atoms with Gasteiger partial charge in [0.25, 0.3) is 10.9 Å². The largest absolute Gasteiger partial charge is 0.466 e. The van der Waals surface area contributed by atoms with Gasteiger partial charge in [0.2, 0.25) is 0 Å². The first kappa shape index (κ1) is 21.8. The number of carbonyl (C=O) groups is 1. The van der Waals surface area contributed by atoms with Crippen LogP contribution in [0.15, 0.2) is 9.59 Å². The molecule has 3 rings (SSSR count). The molecule has 0 aromatic heterocycles. The summed E-state index contributed by atoms with van der Waals surface area (Å²) in [7, 11) is 0. The Morgan fingerprint density at radius 2 is 1.86 bits per heavy atom. The molecule has 162 valence electrons. The van der Waals surface area contributed by atoms with E-state index in [9.17, 15) is 14.4 Å². The average molecular weight is 406 g/mol. The van der Waals surface area contributed by atoms with E-state index < -0.39 is 10.9 Å². The summed E-state index contributed by atoms with van der Waals surface area (Å²) in [5, 5.41) is 3.20. The number of nitrogens with zero attached hydrogens (tertiary/aromatic N) is 2. The maximum Gasteiger partial charge on any atom is 0.310 e. The smallest absolute Gasteiger partial charge is 0.310 e. The molecule has 29 heavy (non-hydrogen) atoms. The SMILES string of the molecule is CCOC(=O)[C@@H]1CCCN(c2c(NCCCN3C[C@H](C)C[C@H](C)C3)c(=O)c2=O)C1. The maximum atomic E-state index is 12.2. The lowest BCUT2D eigenvalue weighted by Crippen LogP contribution is -2.48. The zero-order valence-electron chi connectivity index (χ0n) is 18.0. The third-order valence-corrected chi connectivity index (χ3v) is 6.14. The minimum atomic E-state index is -0.435. The molecular weight excluding hydrogens is 370 g/mol. The summed E-state index contributed by atoms with van der Waals surface area (Å²) in [5.74, 6) is 1.02. The molecule has 2 heterocycles. The van der Waals surface area contributed by atoms with Crippen molar-refractivity contribution in [2.24, 2.45) is 17.8 Å². The third kappa shape index (κ3) is 5.18. The maximum absolute atomic E-state index is 12.2. The van der Waals surface area contributed by atoms with Gasteiger partial charge in [0.15, 0.2) is 0 Å². The van der Waals surface area contributed by atoms with Crippen molar-refractivity contribution < 1.29 is 9.53 Å². The molecule has 1 N–H and O–H groups in total. The first-order valence-corrected chi connectivity index (χ1v) is 11.1. The molecule has 0 unspecified atom stereocenters. The highest BCUT2D eigenvalue weighted by Crippen LogP contribution is 2.27. The van der Waals surface area contributed by atoms with E-state index in [4.69, 9.17) is 4.74 Å². The summed E-state index contributed by atoms with van der Waals surface area (Å²) >= 11 is 0. The average Bonchev–Trinajstić information content (AvgIpc) is 2.69.